The maximum atomic E-state index is 6.23. The van der Waals surface area contributed by atoms with E-state index < -0.39 is 0 Å². The van der Waals surface area contributed by atoms with E-state index in [-0.39, 0.29) is 0 Å². The Bertz CT molecular complexity index is 469. The zero-order valence-corrected chi connectivity index (χ0v) is 11.7. The number of aromatic nitrogens is 2. The van der Waals surface area contributed by atoms with Crippen molar-refractivity contribution in [3.05, 3.63) is 17.6 Å². The van der Waals surface area contributed by atoms with Crippen LogP contribution in [0.3, 0.4) is 0 Å². The number of anilines is 1. The highest BCUT2D eigenvalue weighted by Gasteiger charge is 2.49. The zero-order valence-electron chi connectivity index (χ0n) is 11.7. The van der Waals surface area contributed by atoms with Crippen LogP contribution in [0.2, 0.25) is 0 Å². The average molecular weight is 257 g/mol. The summed E-state index contributed by atoms with van der Waals surface area (Å²) in [6, 6.07) is 0. The first-order valence-corrected chi connectivity index (χ1v) is 7.85. The molecule has 2 N–H and O–H groups in total. The minimum absolute atomic E-state index is 0.652. The molecule has 1 heterocycles. The van der Waals surface area contributed by atoms with Gasteiger partial charge in [0, 0.05) is 18.2 Å². The Morgan fingerprint density at radius 3 is 2.26 bits per heavy atom. The molecule has 4 saturated carbocycles. The van der Waals surface area contributed by atoms with E-state index in [0.717, 1.165) is 41.7 Å². The first kappa shape index (κ1) is 11.7. The maximum Gasteiger partial charge on any atom is 0.130 e. The average Bonchev–Trinajstić information content (AvgIpc) is 2.39. The third-order valence-electron chi connectivity index (χ3n) is 5.80. The van der Waals surface area contributed by atoms with Crippen LogP contribution in [-0.4, -0.2) is 9.97 Å². The molecule has 0 aromatic carbocycles. The van der Waals surface area contributed by atoms with E-state index >= 15 is 0 Å². The van der Waals surface area contributed by atoms with Crippen LogP contribution in [0, 0.1) is 23.7 Å². The van der Waals surface area contributed by atoms with Crippen molar-refractivity contribution in [2.75, 3.05) is 5.73 Å². The minimum atomic E-state index is 0.652. The number of aryl methyl sites for hydroxylation is 1. The molecule has 0 radical (unpaired) electrons. The fourth-order valence-corrected chi connectivity index (χ4v) is 5.30. The second kappa shape index (κ2) is 4.19. The molecule has 3 heteroatoms. The topological polar surface area (TPSA) is 51.8 Å². The van der Waals surface area contributed by atoms with Gasteiger partial charge in [0.1, 0.15) is 11.6 Å². The van der Waals surface area contributed by atoms with Gasteiger partial charge >= 0.3 is 0 Å². The van der Waals surface area contributed by atoms with E-state index in [1.165, 1.54) is 37.7 Å². The van der Waals surface area contributed by atoms with Crippen molar-refractivity contribution in [3.63, 3.8) is 0 Å². The lowest BCUT2D eigenvalue weighted by atomic mass is 9.51. The van der Waals surface area contributed by atoms with Gasteiger partial charge < -0.3 is 5.73 Å². The van der Waals surface area contributed by atoms with Gasteiger partial charge in [-0.1, -0.05) is 6.92 Å². The van der Waals surface area contributed by atoms with Crippen molar-refractivity contribution >= 4 is 5.82 Å². The fourth-order valence-electron chi connectivity index (χ4n) is 5.30. The van der Waals surface area contributed by atoms with Crippen molar-refractivity contribution in [1.82, 2.24) is 9.97 Å². The highest BCUT2D eigenvalue weighted by molar-refractivity contribution is 5.42. The van der Waals surface area contributed by atoms with Gasteiger partial charge in [-0.2, -0.15) is 0 Å². The van der Waals surface area contributed by atoms with Crippen LogP contribution in [0.1, 0.15) is 56.3 Å². The van der Waals surface area contributed by atoms with Gasteiger partial charge in [0.15, 0.2) is 0 Å². The number of nitrogens with two attached hydrogens (primary N) is 1. The van der Waals surface area contributed by atoms with Crippen LogP contribution in [0.4, 0.5) is 5.82 Å². The summed E-state index contributed by atoms with van der Waals surface area (Å²) in [5, 5.41) is 0. The first-order chi connectivity index (χ1) is 9.24. The van der Waals surface area contributed by atoms with Crippen molar-refractivity contribution in [1.29, 1.82) is 0 Å². The van der Waals surface area contributed by atoms with Crippen LogP contribution in [0.15, 0.2) is 6.20 Å². The molecule has 5 rings (SSSR count). The maximum absolute atomic E-state index is 6.23. The SMILES string of the molecule is CCc1ncc(C2C3CC4CC(C3)CC2C4)c(N)n1. The summed E-state index contributed by atoms with van der Waals surface area (Å²) in [7, 11) is 0. The van der Waals surface area contributed by atoms with Crippen LogP contribution in [-0.2, 0) is 6.42 Å². The van der Waals surface area contributed by atoms with E-state index in [9.17, 15) is 0 Å². The zero-order chi connectivity index (χ0) is 13.0. The third-order valence-corrected chi connectivity index (χ3v) is 5.80. The smallest absolute Gasteiger partial charge is 0.130 e. The summed E-state index contributed by atoms with van der Waals surface area (Å²) in [6.07, 6.45) is 10.1. The quantitative estimate of drug-likeness (QED) is 0.885. The molecule has 1 aromatic heterocycles. The van der Waals surface area contributed by atoms with Gasteiger partial charge in [-0.25, -0.2) is 9.97 Å². The lowest BCUT2D eigenvalue weighted by Crippen LogP contribution is -2.44. The van der Waals surface area contributed by atoms with Crippen LogP contribution >= 0.6 is 0 Å². The van der Waals surface area contributed by atoms with E-state index in [4.69, 9.17) is 5.73 Å². The second-order valence-corrected chi connectivity index (χ2v) is 6.94. The molecule has 0 atom stereocenters. The van der Waals surface area contributed by atoms with Crippen LogP contribution in [0.25, 0.3) is 0 Å². The third kappa shape index (κ3) is 1.78. The van der Waals surface area contributed by atoms with E-state index in [1.54, 1.807) is 0 Å². The van der Waals surface area contributed by atoms with Crippen molar-refractivity contribution in [2.24, 2.45) is 23.7 Å². The summed E-state index contributed by atoms with van der Waals surface area (Å²) < 4.78 is 0. The molecule has 4 bridgehead atoms. The molecule has 4 aliphatic rings. The monoisotopic (exact) mass is 257 g/mol. The molecular formula is C16H23N3. The first-order valence-electron chi connectivity index (χ1n) is 7.85. The highest BCUT2D eigenvalue weighted by Crippen LogP contribution is 2.60. The molecule has 1 aromatic rings. The molecule has 3 nitrogen and oxygen atoms in total. The normalized spacial score (nSPS) is 39.7. The second-order valence-electron chi connectivity index (χ2n) is 6.94. The van der Waals surface area contributed by atoms with Gasteiger partial charge in [-0.05, 0) is 61.7 Å². The largest absolute Gasteiger partial charge is 0.383 e. The van der Waals surface area contributed by atoms with Gasteiger partial charge in [0.2, 0.25) is 0 Å². The summed E-state index contributed by atoms with van der Waals surface area (Å²) in [4.78, 5) is 8.99. The standard InChI is InChI=1S/C16H23N3/c1-2-14-18-8-13(16(17)19-14)15-11-4-9-3-10(6-11)7-12(15)5-9/h8-12,15H,2-7H2,1H3,(H2,17,18,19). The summed E-state index contributed by atoms with van der Waals surface area (Å²) >= 11 is 0. The number of rotatable bonds is 2. The number of hydrogen-bond acceptors (Lipinski definition) is 3. The molecule has 0 saturated heterocycles. The van der Waals surface area contributed by atoms with Crippen molar-refractivity contribution in [2.45, 2.75) is 51.4 Å². The van der Waals surface area contributed by atoms with E-state index in [0.29, 0.717) is 5.92 Å². The van der Waals surface area contributed by atoms with Crippen molar-refractivity contribution in [3.8, 4) is 0 Å². The van der Waals surface area contributed by atoms with Gasteiger partial charge in [-0.3, -0.25) is 0 Å². The summed E-state index contributed by atoms with van der Waals surface area (Å²) in [5.74, 6) is 6.02. The molecule has 0 amide bonds. The Morgan fingerprint density at radius 1 is 1.11 bits per heavy atom. The molecule has 0 spiro atoms. The Kier molecular flexibility index (Phi) is 2.58. The lowest BCUT2D eigenvalue weighted by Gasteiger charge is -2.54. The minimum Gasteiger partial charge on any atom is -0.383 e. The molecular weight excluding hydrogens is 234 g/mol. The number of hydrogen-bond donors (Lipinski definition) is 1. The molecule has 4 aliphatic carbocycles. The molecule has 0 aliphatic heterocycles. The Balaban J connectivity index is 1.69. The summed E-state index contributed by atoms with van der Waals surface area (Å²) in [5.41, 5.74) is 7.48. The number of nitrogens with zero attached hydrogens (tertiary/aromatic N) is 2. The predicted molar refractivity (Wildman–Crippen MR) is 75.6 cm³/mol. The van der Waals surface area contributed by atoms with E-state index in [1.807, 2.05) is 6.20 Å². The van der Waals surface area contributed by atoms with E-state index in [2.05, 4.69) is 16.9 Å². The Hall–Kier alpha value is -1.12. The van der Waals surface area contributed by atoms with Gasteiger partial charge in [0.05, 0.1) is 0 Å². The van der Waals surface area contributed by atoms with Gasteiger partial charge in [0.25, 0.3) is 0 Å². The van der Waals surface area contributed by atoms with Gasteiger partial charge in [-0.15, -0.1) is 0 Å². The number of nitrogen functional groups attached to an aromatic ring is 1. The molecule has 19 heavy (non-hydrogen) atoms. The Labute approximate surface area is 115 Å². The van der Waals surface area contributed by atoms with Crippen LogP contribution in [0.5, 0.6) is 0 Å². The lowest BCUT2D eigenvalue weighted by molar-refractivity contribution is -0.00275. The Morgan fingerprint density at radius 2 is 1.74 bits per heavy atom. The van der Waals surface area contributed by atoms with Crippen molar-refractivity contribution < 1.29 is 0 Å². The molecule has 0 unspecified atom stereocenters. The fraction of sp³-hybridized carbons (Fsp3) is 0.750. The van der Waals surface area contributed by atoms with Crippen LogP contribution < -0.4 is 5.73 Å². The molecule has 102 valence electrons. The highest BCUT2D eigenvalue weighted by atomic mass is 14.9. The molecule has 4 fully saturated rings. The predicted octanol–water partition coefficient (Wildman–Crippen LogP) is 3.16. The summed E-state index contributed by atoms with van der Waals surface area (Å²) in [6.45, 7) is 2.08.